The van der Waals surface area contributed by atoms with Crippen LogP contribution in [-0.2, 0) is 4.79 Å². The quantitative estimate of drug-likeness (QED) is 0.434. The first-order chi connectivity index (χ1) is 8.72. The Morgan fingerprint density at radius 3 is 2.40 bits per heavy atom. The number of hydrogen-bond acceptors (Lipinski definition) is 2. The number of rotatable bonds is 3. The summed E-state index contributed by atoms with van der Waals surface area (Å²) in [6.45, 7) is 11.0. The summed E-state index contributed by atoms with van der Waals surface area (Å²) in [5, 5.41) is 6.02. The molecule has 5 nitrogen and oxygen atoms in total. The summed E-state index contributed by atoms with van der Waals surface area (Å²) in [5.41, 5.74) is -0.103. The second-order valence-corrected chi connectivity index (χ2v) is 6.70. The Morgan fingerprint density at radius 2 is 2.00 bits per heavy atom. The molecular weight excluding hydrogens is 367 g/mol. The molecule has 0 spiro atoms. The van der Waals surface area contributed by atoms with E-state index in [1.54, 1.807) is 14.1 Å². The predicted molar refractivity (Wildman–Crippen MR) is 94.6 cm³/mol. The van der Waals surface area contributed by atoms with Crippen molar-refractivity contribution < 1.29 is 4.79 Å². The lowest BCUT2D eigenvalue weighted by molar-refractivity contribution is -0.128. The number of likely N-dealkylation sites (tertiary alicyclic amines) is 1. The molecule has 1 aliphatic rings. The van der Waals surface area contributed by atoms with Crippen LogP contribution in [0.15, 0.2) is 4.99 Å². The Labute approximate surface area is 140 Å². The summed E-state index contributed by atoms with van der Waals surface area (Å²) < 4.78 is 0. The van der Waals surface area contributed by atoms with Crippen LogP contribution in [0.4, 0.5) is 0 Å². The molecule has 6 heteroatoms. The third-order valence-corrected chi connectivity index (χ3v) is 3.72. The summed E-state index contributed by atoms with van der Waals surface area (Å²) in [7, 11) is 3.46. The van der Waals surface area contributed by atoms with Crippen LogP contribution < -0.4 is 10.6 Å². The zero-order valence-electron chi connectivity index (χ0n) is 13.5. The first-order valence-electron chi connectivity index (χ1n) is 6.90. The molecular formula is C14H29IN4O. The summed E-state index contributed by atoms with van der Waals surface area (Å²) in [4.78, 5) is 18.3. The first-order valence-corrected chi connectivity index (χ1v) is 6.90. The van der Waals surface area contributed by atoms with Gasteiger partial charge in [-0.2, -0.15) is 0 Å². The summed E-state index contributed by atoms with van der Waals surface area (Å²) >= 11 is 0. The van der Waals surface area contributed by atoms with Crippen molar-refractivity contribution in [2.45, 2.75) is 34.1 Å². The molecule has 0 aliphatic carbocycles. The normalized spacial score (nSPS) is 18.5. The van der Waals surface area contributed by atoms with Crippen LogP contribution in [0.3, 0.4) is 0 Å². The molecule has 0 radical (unpaired) electrons. The number of nitrogens with zero attached hydrogens (tertiary/aromatic N) is 2. The smallest absolute Gasteiger partial charge is 0.227 e. The van der Waals surface area contributed by atoms with Crippen molar-refractivity contribution in [1.29, 1.82) is 0 Å². The molecule has 1 heterocycles. The van der Waals surface area contributed by atoms with E-state index in [-0.39, 0.29) is 29.9 Å². The molecule has 118 valence electrons. The number of carbonyl (C=O) groups is 1. The van der Waals surface area contributed by atoms with Crippen molar-refractivity contribution in [1.82, 2.24) is 15.5 Å². The van der Waals surface area contributed by atoms with Gasteiger partial charge in [0.1, 0.15) is 0 Å². The first kappa shape index (κ1) is 19.5. The van der Waals surface area contributed by atoms with Gasteiger partial charge in [0.25, 0.3) is 0 Å². The average Bonchev–Trinajstić information content (AvgIpc) is 2.69. The van der Waals surface area contributed by atoms with Crippen molar-refractivity contribution in [2.75, 3.05) is 33.7 Å². The highest BCUT2D eigenvalue weighted by Crippen LogP contribution is 2.28. The highest BCUT2D eigenvalue weighted by molar-refractivity contribution is 14.0. The molecule has 20 heavy (non-hydrogen) atoms. The second-order valence-electron chi connectivity index (χ2n) is 6.70. The number of amides is 1. The van der Waals surface area contributed by atoms with Gasteiger partial charge >= 0.3 is 0 Å². The maximum atomic E-state index is 11.8. The van der Waals surface area contributed by atoms with Gasteiger partial charge in [0, 0.05) is 33.7 Å². The Bertz CT molecular complexity index is 366. The largest absolute Gasteiger partial charge is 0.359 e. The van der Waals surface area contributed by atoms with Gasteiger partial charge < -0.3 is 15.5 Å². The van der Waals surface area contributed by atoms with Gasteiger partial charge in [-0.25, -0.2) is 0 Å². The molecule has 1 amide bonds. The molecule has 0 aromatic heterocycles. The summed E-state index contributed by atoms with van der Waals surface area (Å²) in [6.07, 6.45) is 1.17. The fraction of sp³-hybridized carbons (Fsp3) is 0.857. The minimum atomic E-state index is -0.445. The second kappa shape index (κ2) is 7.47. The van der Waals surface area contributed by atoms with Crippen molar-refractivity contribution in [2.24, 2.45) is 15.8 Å². The van der Waals surface area contributed by atoms with E-state index in [4.69, 9.17) is 0 Å². The molecule has 0 bridgehead atoms. The standard InChI is InChI=1S/C14H28N4O.HI/c1-13(2)7-8-18(10-13)12(16-6)17-9-14(3,4)11(19)15-5;/h7-10H2,1-6H3,(H,15,19)(H,16,17);1H. The van der Waals surface area contributed by atoms with Crippen molar-refractivity contribution in [3.8, 4) is 0 Å². The van der Waals surface area contributed by atoms with Gasteiger partial charge in [0.05, 0.1) is 5.41 Å². The van der Waals surface area contributed by atoms with Gasteiger partial charge in [-0.1, -0.05) is 13.8 Å². The van der Waals surface area contributed by atoms with Crippen LogP contribution >= 0.6 is 24.0 Å². The van der Waals surface area contributed by atoms with E-state index in [9.17, 15) is 4.79 Å². The Morgan fingerprint density at radius 1 is 1.40 bits per heavy atom. The van der Waals surface area contributed by atoms with Crippen molar-refractivity contribution in [3.63, 3.8) is 0 Å². The lowest BCUT2D eigenvalue weighted by atomic mass is 9.92. The predicted octanol–water partition coefficient (Wildman–Crippen LogP) is 1.68. The zero-order chi connectivity index (χ0) is 14.7. The lowest BCUT2D eigenvalue weighted by Gasteiger charge is -2.28. The fourth-order valence-electron chi connectivity index (χ4n) is 2.34. The van der Waals surface area contributed by atoms with E-state index in [1.165, 1.54) is 6.42 Å². The average molecular weight is 396 g/mol. The fourth-order valence-corrected chi connectivity index (χ4v) is 2.34. The number of guanidine groups is 1. The van der Waals surface area contributed by atoms with Crippen LogP contribution in [0.5, 0.6) is 0 Å². The van der Waals surface area contributed by atoms with E-state index in [0.717, 1.165) is 19.0 Å². The van der Waals surface area contributed by atoms with Gasteiger partial charge in [-0.3, -0.25) is 9.79 Å². The number of hydrogen-bond donors (Lipinski definition) is 2. The van der Waals surface area contributed by atoms with E-state index in [0.29, 0.717) is 12.0 Å². The van der Waals surface area contributed by atoms with Crippen LogP contribution in [0.1, 0.15) is 34.1 Å². The van der Waals surface area contributed by atoms with E-state index < -0.39 is 5.41 Å². The molecule has 1 rings (SSSR count). The molecule has 0 unspecified atom stereocenters. The third-order valence-electron chi connectivity index (χ3n) is 3.72. The van der Waals surface area contributed by atoms with Crippen molar-refractivity contribution in [3.05, 3.63) is 0 Å². The molecule has 0 atom stereocenters. The Hall–Kier alpha value is -0.530. The molecule has 1 aliphatic heterocycles. The maximum Gasteiger partial charge on any atom is 0.227 e. The monoisotopic (exact) mass is 396 g/mol. The topological polar surface area (TPSA) is 56.7 Å². The lowest BCUT2D eigenvalue weighted by Crippen LogP contribution is -2.48. The molecule has 0 saturated carbocycles. The SMILES string of the molecule is CN=C(NCC(C)(C)C(=O)NC)N1CCC(C)(C)C1.I. The third kappa shape index (κ3) is 5.10. The molecule has 0 aromatic rings. The minimum Gasteiger partial charge on any atom is -0.359 e. The van der Waals surface area contributed by atoms with Gasteiger partial charge in [0.15, 0.2) is 5.96 Å². The Kier molecular flexibility index (Phi) is 7.27. The molecule has 1 saturated heterocycles. The van der Waals surface area contributed by atoms with Gasteiger partial charge in [-0.15, -0.1) is 24.0 Å². The number of halogens is 1. The van der Waals surface area contributed by atoms with E-state index in [1.807, 2.05) is 13.8 Å². The number of carbonyl (C=O) groups excluding carboxylic acids is 1. The van der Waals surface area contributed by atoms with Crippen molar-refractivity contribution >= 4 is 35.8 Å². The van der Waals surface area contributed by atoms with E-state index in [2.05, 4.69) is 34.4 Å². The van der Waals surface area contributed by atoms with Gasteiger partial charge in [-0.05, 0) is 25.7 Å². The summed E-state index contributed by atoms with van der Waals surface area (Å²) in [6, 6.07) is 0. The number of nitrogens with one attached hydrogen (secondary N) is 2. The molecule has 1 fully saturated rings. The number of aliphatic imine (C=N–C) groups is 1. The highest BCUT2D eigenvalue weighted by atomic mass is 127. The van der Waals surface area contributed by atoms with Crippen LogP contribution in [-0.4, -0.2) is 50.5 Å². The highest BCUT2D eigenvalue weighted by Gasteiger charge is 2.32. The zero-order valence-corrected chi connectivity index (χ0v) is 15.9. The molecule has 2 N–H and O–H groups in total. The van der Waals surface area contributed by atoms with Gasteiger partial charge in [0.2, 0.25) is 5.91 Å². The Balaban J connectivity index is 0.00000361. The van der Waals surface area contributed by atoms with Crippen LogP contribution in [0.2, 0.25) is 0 Å². The maximum absolute atomic E-state index is 11.8. The van der Waals surface area contributed by atoms with E-state index >= 15 is 0 Å². The van der Waals surface area contributed by atoms with Crippen LogP contribution in [0, 0.1) is 10.8 Å². The molecule has 0 aromatic carbocycles. The van der Waals surface area contributed by atoms with Crippen LogP contribution in [0.25, 0.3) is 0 Å². The minimum absolute atomic E-state index is 0. The summed E-state index contributed by atoms with van der Waals surface area (Å²) in [5.74, 6) is 0.930.